The number of hydrogen-bond acceptors (Lipinski definition) is 3. The van der Waals surface area contributed by atoms with Gasteiger partial charge >= 0.3 is 0 Å². The van der Waals surface area contributed by atoms with Crippen molar-refractivity contribution < 1.29 is 0 Å². The summed E-state index contributed by atoms with van der Waals surface area (Å²) in [5.74, 6) is 2.84. The minimum atomic E-state index is 0.545. The highest BCUT2D eigenvalue weighted by Gasteiger charge is 2.43. The Kier molecular flexibility index (Phi) is 10.5. The second-order valence-electron chi connectivity index (χ2n) is 15.2. The van der Waals surface area contributed by atoms with Crippen molar-refractivity contribution in [2.24, 2.45) is 17.8 Å². The summed E-state index contributed by atoms with van der Waals surface area (Å²) in [7, 11) is 0. The molecule has 0 aromatic heterocycles. The van der Waals surface area contributed by atoms with Crippen molar-refractivity contribution in [1.82, 2.24) is 0 Å². The van der Waals surface area contributed by atoms with Gasteiger partial charge in [-0.3, -0.25) is 0 Å². The Labute approximate surface area is 342 Å². The van der Waals surface area contributed by atoms with Crippen LogP contribution in [0.25, 0.3) is 35.1 Å². The lowest BCUT2D eigenvalue weighted by molar-refractivity contribution is 0.998. The number of allylic oxidation sites excluding steroid dienone is 3. The Morgan fingerprint density at radius 1 is 0.614 bits per heavy atom. The van der Waals surface area contributed by atoms with Gasteiger partial charge in [0.25, 0.3) is 0 Å². The van der Waals surface area contributed by atoms with Gasteiger partial charge < -0.3 is 10.2 Å². The van der Waals surface area contributed by atoms with Crippen LogP contribution < -0.4 is 20.7 Å². The maximum absolute atomic E-state index is 4.78. The van der Waals surface area contributed by atoms with E-state index in [0.717, 1.165) is 33.8 Å². The quantitative estimate of drug-likeness (QED) is 0.0957. The number of para-hydroxylation sites is 3. The van der Waals surface area contributed by atoms with Gasteiger partial charge in [0.1, 0.15) is 0 Å². The largest absolute Gasteiger partial charge is 0.355 e. The van der Waals surface area contributed by atoms with Gasteiger partial charge in [0.2, 0.25) is 0 Å². The lowest BCUT2D eigenvalue weighted by Crippen LogP contribution is -2.27. The minimum absolute atomic E-state index is 0.545. The van der Waals surface area contributed by atoms with E-state index in [1.165, 1.54) is 62.1 Å². The topological polar surface area (TPSA) is 15.3 Å². The number of benzene rings is 7. The van der Waals surface area contributed by atoms with Gasteiger partial charge in [-0.1, -0.05) is 158 Å². The standard InChI is InChI=1S/C33H26N2S.C15H14.C6H6/c36-26-17-19-27-30(21-26)33(35(24-12-6-2-7-13-24)25-14-8-3-9-15-25)28-18-16-22-20-29(22)31(28)32(27)34-23-10-4-1-5-11-23;1-2-3-4-11-5-6-12-8-14-10-15(14)9-13(12)7-11;1-2-4-6-5-3-1/h1-19,21-22,29,34,36H,20H2;2-9,14-15H,1,10H2;1-6H/b;4-3+;. The van der Waals surface area contributed by atoms with Crippen molar-refractivity contribution in [2.75, 3.05) is 10.2 Å². The highest BCUT2D eigenvalue weighted by atomic mass is 32.1. The van der Waals surface area contributed by atoms with Gasteiger partial charge in [-0.05, 0) is 113 Å². The highest BCUT2D eigenvalue weighted by Crippen LogP contribution is 2.60. The number of nitrogens with one attached hydrogen (secondary N) is 1. The molecule has 1 N–H and O–H groups in total. The Balaban J connectivity index is 0.000000164. The normalized spacial score (nSPS) is 18.7. The molecular formula is C54H46N2S. The molecule has 0 bridgehead atoms. The van der Waals surface area contributed by atoms with Gasteiger partial charge in [-0.15, -0.1) is 12.6 Å². The van der Waals surface area contributed by atoms with Crippen LogP contribution in [0.5, 0.6) is 0 Å². The van der Waals surface area contributed by atoms with Crippen LogP contribution in [-0.4, -0.2) is 0 Å². The second-order valence-corrected chi connectivity index (χ2v) is 15.7. The first-order chi connectivity index (χ1) is 28.1. The first-order valence-electron chi connectivity index (χ1n) is 20.0. The first-order valence-corrected chi connectivity index (χ1v) is 20.5. The fourth-order valence-corrected chi connectivity index (χ4v) is 8.48. The van der Waals surface area contributed by atoms with Crippen LogP contribution in [0, 0.1) is 17.8 Å². The van der Waals surface area contributed by atoms with E-state index >= 15 is 0 Å². The van der Waals surface area contributed by atoms with Gasteiger partial charge in [0, 0.05) is 38.3 Å². The zero-order valence-electron chi connectivity index (χ0n) is 32.0. The molecule has 4 unspecified atom stereocenters. The molecule has 0 saturated heterocycles. The Bertz CT molecular complexity index is 2640. The van der Waals surface area contributed by atoms with Crippen LogP contribution in [0.4, 0.5) is 28.4 Å². The number of fused-ring (bicyclic) bond motifs is 6. The molecule has 4 aliphatic carbocycles. The van der Waals surface area contributed by atoms with E-state index in [2.05, 4.69) is 175 Å². The molecular weight excluding hydrogens is 709 g/mol. The number of anilines is 5. The lowest BCUT2D eigenvalue weighted by atomic mass is 9.88. The SMILES string of the molecule is C=C/C=C/c1ccc2c(c1)=CC1CC1C=2.Sc1ccc2c(Nc3ccccc3)c3c(c(N(c4ccccc4)c4ccccc4)c2c1)C=CC1CC31.c1ccccc1. The zero-order chi connectivity index (χ0) is 38.6. The molecule has 4 aliphatic rings. The van der Waals surface area contributed by atoms with Crippen LogP contribution in [0.15, 0.2) is 193 Å². The molecule has 7 aromatic rings. The molecule has 0 heterocycles. The second kappa shape index (κ2) is 16.4. The molecule has 2 saturated carbocycles. The smallest absolute Gasteiger partial charge is 0.0617 e. The van der Waals surface area contributed by atoms with Crippen molar-refractivity contribution in [3.8, 4) is 0 Å². The molecule has 57 heavy (non-hydrogen) atoms. The molecule has 3 heteroatoms. The van der Waals surface area contributed by atoms with Gasteiger partial charge in [-0.2, -0.15) is 0 Å². The third kappa shape index (κ3) is 8.03. The summed E-state index contributed by atoms with van der Waals surface area (Å²) >= 11 is 4.78. The van der Waals surface area contributed by atoms with Crippen LogP contribution in [-0.2, 0) is 0 Å². The van der Waals surface area contributed by atoms with Crippen LogP contribution in [0.1, 0.15) is 35.4 Å². The molecule has 7 aromatic carbocycles. The number of hydrogen-bond donors (Lipinski definition) is 2. The van der Waals surface area contributed by atoms with E-state index in [1.54, 1.807) is 0 Å². The third-order valence-corrected chi connectivity index (χ3v) is 11.5. The molecule has 11 rings (SSSR count). The predicted octanol–water partition coefficient (Wildman–Crippen LogP) is 13.3. The highest BCUT2D eigenvalue weighted by molar-refractivity contribution is 7.80. The van der Waals surface area contributed by atoms with Gasteiger partial charge in [0.05, 0.1) is 11.4 Å². The van der Waals surface area contributed by atoms with Crippen molar-refractivity contribution in [3.63, 3.8) is 0 Å². The average Bonchev–Trinajstić information content (AvgIpc) is 4.21. The molecule has 2 nitrogen and oxygen atoms in total. The Hall–Kier alpha value is -6.29. The van der Waals surface area contributed by atoms with Gasteiger partial charge in [0.15, 0.2) is 0 Å². The minimum Gasteiger partial charge on any atom is -0.355 e. The summed E-state index contributed by atoms with van der Waals surface area (Å²) in [5, 5.41) is 9.05. The fourth-order valence-electron chi connectivity index (χ4n) is 8.27. The maximum atomic E-state index is 4.78. The van der Waals surface area contributed by atoms with Crippen molar-refractivity contribution in [2.45, 2.75) is 23.7 Å². The summed E-state index contributed by atoms with van der Waals surface area (Å²) in [5.41, 5.74) is 9.83. The van der Waals surface area contributed by atoms with Crippen LogP contribution in [0.2, 0.25) is 0 Å². The van der Waals surface area contributed by atoms with E-state index in [4.69, 9.17) is 12.6 Å². The van der Waals surface area contributed by atoms with E-state index in [-0.39, 0.29) is 0 Å². The lowest BCUT2D eigenvalue weighted by Gasteiger charge is -2.32. The molecule has 0 aliphatic heterocycles. The summed E-state index contributed by atoms with van der Waals surface area (Å²) in [6.45, 7) is 3.68. The molecule has 4 atom stereocenters. The summed E-state index contributed by atoms with van der Waals surface area (Å²) in [6, 6.07) is 57.1. The van der Waals surface area contributed by atoms with E-state index in [0.29, 0.717) is 11.8 Å². The van der Waals surface area contributed by atoms with E-state index < -0.39 is 0 Å². The summed E-state index contributed by atoms with van der Waals surface area (Å²) in [6.07, 6.45) is 18.1. The summed E-state index contributed by atoms with van der Waals surface area (Å²) < 4.78 is 0. The third-order valence-electron chi connectivity index (χ3n) is 11.2. The molecule has 2 fully saturated rings. The van der Waals surface area contributed by atoms with E-state index in [1.807, 2.05) is 48.6 Å². The van der Waals surface area contributed by atoms with Crippen molar-refractivity contribution >= 4 is 76.1 Å². The monoisotopic (exact) mass is 754 g/mol. The number of thiol groups is 1. The van der Waals surface area contributed by atoms with Gasteiger partial charge in [-0.25, -0.2) is 0 Å². The van der Waals surface area contributed by atoms with Crippen molar-refractivity contribution in [1.29, 1.82) is 0 Å². The van der Waals surface area contributed by atoms with Crippen molar-refractivity contribution in [3.05, 3.63) is 216 Å². The van der Waals surface area contributed by atoms with Crippen LogP contribution in [0.3, 0.4) is 0 Å². The maximum Gasteiger partial charge on any atom is 0.0617 e. The summed E-state index contributed by atoms with van der Waals surface area (Å²) in [4.78, 5) is 3.37. The predicted molar refractivity (Wildman–Crippen MR) is 247 cm³/mol. The Morgan fingerprint density at radius 2 is 1.23 bits per heavy atom. The first kappa shape index (κ1) is 36.4. The van der Waals surface area contributed by atoms with Crippen LogP contribution >= 0.6 is 12.6 Å². The zero-order valence-corrected chi connectivity index (χ0v) is 32.8. The molecule has 0 amide bonds. The molecule has 0 radical (unpaired) electrons. The number of rotatable bonds is 7. The molecule has 278 valence electrons. The molecule has 0 spiro atoms. The Morgan fingerprint density at radius 3 is 1.88 bits per heavy atom. The van der Waals surface area contributed by atoms with E-state index in [9.17, 15) is 0 Å². The number of nitrogens with zero attached hydrogens (tertiary/aromatic N) is 1. The fraction of sp³-hybridized carbons (Fsp3) is 0.111. The average molecular weight is 755 g/mol.